The highest BCUT2D eigenvalue weighted by Crippen LogP contribution is 2.34. The lowest BCUT2D eigenvalue weighted by Crippen LogP contribution is -2.30. The molecule has 1 aromatic carbocycles. The number of rotatable bonds is 4. The van der Waals surface area contributed by atoms with Gasteiger partial charge >= 0.3 is 5.97 Å². The van der Waals surface area contributed by atoms with Crippen LogP contribution in [0.15, 0.2) is 18.2 Å². The van der Waals surface area contributed by atoms with Gasteiger partial charge in [0.1, 0.15) is 28.3 Å². The summed E-state index contributed by atoms with van der Waals surface area (Å²) in [4.78, 5) is 27.7. The van der Waals surface area contributed by atoms with E-state index in [1.54, 1.807) is 0 Å². The summed E-state index contributed by atoms with van der Waals surface area (Å²) in [6.07, 6.45) is 1.98. The van der Waals surface area contributed by atoms with E-state index in [0.717, 1.165) is 29.5 Å². The van der Waals surface area contributed by atoms with Crippen LogP contribution in [0.4, 0.5) is 13.9 Å². The molecule has 6 nitrogen and oxygen atoms in total. The lowest BCUT2D eigenvalue weighted by Gasteiger charge is -2.25. The van der Waals surface area contributed by atoms with E-state index < -0.39 is 29.4 Å². The maximum Gasteiger partial charge on any atom is 0.306 e. The fourth-order valence-electron chi connectivity index (χ4n) is 3.17. The SMILES string of the molecule is N#Cc1sc(NC(=O)[C@@H]2CCC[C@H](C(=O)O)C2)nc1-c1cc(F)ccc1F. The van der Waals surface area contributed by atoms with Gasteiger partial charge in [0, 0.05) is 11.5 Å². The highest BCUT2D eigenvalue weighted by Gasteiger charge is 2.31. The molecule has 2 atom stereocenters. The van der Waals surface area contributed by atoms with Crippen LogP contribution in [-0.4, -0.2) is 22.0 Å². The minimum atomic E-state index is -0.919. The number of hydrogen-bond acceptors (Lipinski definition) is 5. The van der Waals surface area contributed by atoms with Crippen LogP contribution in [0.1, 0.15) is 30.6 Å². The smallest absolute Gasteiger partial charge is 0.306 e. The molecule has 0 bridgehead atoms. The Hall–Kier alpha value is -2.86. The van der Waals surface area contributed by atoms with Gasteiger partial charge < -0.3 is 10.4 Å². The lowest BCUT2D eigenvalue weighted by molar-refractivity contribution is -0.143. The number of nitrogens with zero attached hydrogens (tertiary/aromatic N) is 2. The van der Waals surface area contributed by atoms with Crippen LogP contribution < -0.4 is 5.32 Å². The number of carboxylic acids is 1. The van der Waals surface area contributed by atoms with Crippen LogP contribution in [0.2, 0.25) is 0 Å². The molecule has 9 heteroatoms. The van der Waals surface area contributed by atoms with Crippen LogP contribution in [0, 0.1) is 34.8 Å². The van der Waals surface area contributed by atoms with Crippen molar-refractivity contribution < 1.29 is 23.5 Å². The molecule has 0 aliphatic heterocycles. The van der Waals surface area contributed by atoms with Crippen molar-refractivity contribution in [3.8, 4) is 17.3 Å². The second-order valence-corrected chi connectivity index (χ2v) is 7.32. The Morgan fingerprint density at radius 2 is 2.04 bits per heavy atom. The molecular weight excluding hydrogens is 376 g/mol. The van der Waals surface area contributed by atoms with Gasteiger partial charge in [-0.3, -0.25) is 9.59 Å². The number of hydrogen-bond donors (Lipinski definition) is 2. The Morgan fingerprint density at radius 1 is 1.30 bits per heavy atom. The van der Waals surface area contributed by atoms with Crippen molar-refractivity contribution in [2.24, 2.45) is 11.8 Å². The topological polar surface area (TPSA) is 103 Å². The Morgan fingerprint density at radius 3 is 2.74 bits per heavy atom. The van der Waals surface area contributed by atoms with Crippen molar-refractivity contribution in [1.82, 2.24) is 4.98 Å². The summed E-state index contributed by atoms with van der Waals surface area (Å²) in [5, 5.41) is 21.1. The number of carbonyl (C=O) groups is 2. The zero-order valence-corrected chi connectivity index (χ0v) is 14.9. The monoisotopic (exact) mass is 391 g/mol. The standard InChI is InChI=1S/C18H15F2N3O3S/c19-11-4-5-13(20)12(7-11)15-14(8-21)27-18(22-15)23-16(24)9-2-1-3-10(6-9)17(25)26/h4-5,7,9-10H,1-3,6H2,(H,25,26)(H,22,23,24)/t9-,10+/m1/s1. The number of aliphatic carboxylic acids is 1. The Labute approximate surface area is 157 Å². The first-order valence-electron chi connectivity index (χ1n) is 8.29. The molecule has 0 spiro atoms. The summed E-state index contributed by atoms with van der Waals surface area (Å²) >= 11 is 0.859. The van der Waals surface area contributed by atoms with Gasteiger partial charge in [-0.25, -0.2) is 13.8 Å². The van der Waals surface area contributed by atoms with Gasteiger partial charge in [0.2, 0.25) is 5.91 Å². The molecule has 1 saturated carbocycles. The summed E-state index contributed by atoms with van der Waals surface area (Å²) in [5.74, 6) is -3.73. The predicted octanol–water partition coefficient (Wildman–Crippen LogP) is 3.79. The number of thiazole rings is 1. The van der Waals surface area contributed by atoms with E-state index >= 15 is 0 Å². The number of anilines is 1. The zero-order valence-electron chi connectivity index (χ0n) is 14.0. The van der Waals surface area contributed by atoms with E-state index in [2.05, 4.69) is 10.3 Å². The third-order valence-electron chi connectivity index (χ3n) is 4.54. The molecule has 1 amide bonds. The average molecular weight is 391 g/mol. The van der Waals surface area contributed by atoms with Crippen LogP contribution >= 0.6 is 11.3 Å². The van der Waals surface area contributed by atoms with Gasteiger partial charge in [-0.05, 0) is 37.5 Å². The van der Waals surface area contributed by atoms with Crippen LogP contribution in [0.3, 0.4) is 0 Å². The number of nitrogens with one attached hydrogen (secondary N) is 1. The molecule has 0 unspecified atom stereocenters. The van der Waals surface area contributed by atoms with Crippen molar-refractivity contribution in [3.63, 3.8) is 0 Å². The Kier molecular flexibility index (Phi) is 5.46. The van der Waals surface area contributed by atoms with Gasteiger partial charge in [-0.2, -0.15) is 5.26 Å². The number of halogens is 2. The molecule has 1 aliphatic rings. The number of carbonyl (C=O) groups excluding carboxylic acids is 1. The predicted molar refractivity (Wildman–Crippen MR) is 93.9 cm³/mol. The van der Waals surface area contributed by atoms with Gasteiger partial charge in [-0.15, -0.1) is 0 Å². The van der Waals surface area contributed by atoms with E-state index in [1.165, 1.54) is 0 Å². The van der Waals surface area contributed by atoms with E-state index in [4.69, 9.17) is 5.11 Å². The van der Waals surface area contributed by atoms with Crippen LogP contribution in [0.5, 0.6) is 0 Å². The van der Waals surface area contributed by atoms with Gasteiger partial charge in [0.25, 0.3) is 0 Å². The van der Waals surface area contributed by atoms with Crippen LogP contribution in [-0.2, 0) is 9.59 Å². The maximum absolute atomic E-state index is 14.0. The molecule has 2 aromatic rings. The molecule has 1 fully saturated rings. The Balaban J connectivity index is 1.81. The highest BCUT2D eigenvalue weighted by molar-refractivity contribution is 7.16. The molecule has 2 N–H and O–H groups in total. The molecular formula is C18H15F2N3O3S. The van der Waals surface area contributed by atoms with Crippen molar-refractivity contribution >= 4 is 28.3 Å². The Bertz CT molecular complexity index is 938. The second-order valence-electron chi connectivity index (χ2n) is 6.32. The second kappa shape index (κ2) is 7.80. The molecule has 1 aliphatic carbocycles. The number of benzene rings is 1. The first-order chi connectivity index (χ1) is 12.9. The minimum absolute atomic E-state index is 0.0399. The molecule has 27 heavy (non-hydrogen) atoms. The molecule has 140 valence electrons. The van der Waals surface area contributed by atoms with Crippen molar-refractivity contribution in [2.75, 3.05) is 5.32 Å². The summed E-state index contributed by atoms with van der Waals surface area (Å²) in [6, 6.07) is 4.72. The highest BCUT2D eigenvalue weighted by atomic mass is 32.1. The fraction of sp³-hybridized carbons (Fsp3) is 0.333. The summed E-state index contributed by atoms with van der Waals surface area (Å²) < 4.78 is 27.4. The first-order valence-corrected chi connectivity index (χ1v) is 9.10. The van der Waals surface area contributed by atoms with Crippen molar-refractivity contribution in [2.45, 2.75) is 25.7 Å². The molecule has 1 heterocycles. The fourth-order valence-corrected chi connectivity index (χ4v) is 3.95. The number of aromatic nitrogens is 1. The first kappa shape index (κ1) is 18.9. The third kappa shape index (κ3) is 4.11. The third-order valence-corrected chi connectivity index (χ3v) is 5.41. The number of carboxylic acid groups (broad SMARTS) is 1. The van der Waals surface area contributed by atoms with Crippen LogP contribution in [0.25, 0.3) is 11.3 Å². The minimum Gasteiger partial charge on any atom is -0.481 e. The molecule has 3 rings (SSSR count). The number of nitriles is 1. The van der Waals surface area contributed by atoms with Gasteiger partial charge in [0.05, 0.1) is 5.92 Å². The molecule has 0 radical (unpaired) electrons. The molecule has 1 aromatic heterocycles. The van der Waals surface area contributed by atoms with Crippen molar-refractivity contribution in [1.29, 1.82) is 5.26 Å². The van der Waals surface area contributed by atoms with Crippen molar-refractivity contribution in [3.05, 3.63) is 34.7 Å². The van der Waals surface area contributed by atoms with Gasteiger partial charge in [0.15, 0.2) is 5.13 Å². The summed E-state index contributed by atoms with van der Waals surface area (Å²) in [7, 11) is 0. The van der Waals surface area contributed by atoms with Gasteiger partial charge in [-0.1, -0.05) is 17.8 Å². The number of amides is 1. The normalized spacial score (nSPS) is 19.3. The lowest BCUT2D eigenvalue weighted by atomic mass is 9.81. The van der Waals surface area contributed by atoms with E-state index in [0.29, 0.717) is 19.3 Å². The summed E-state index contributed by atoms with van der Waals surface area (Å²) in [6.45, 7) is 0. The largest absolute Gasteiger partial charge is 0.481 e. The van der Waals surface area contributed by atoms with E-state index in [-0.39, 0.29) is 33.6 Å². The average Bonchev–Trinajstić information content (AvgIpc) is 3.06. The van der Waals surface area contributed by atoms with E-state index in [1.807, 2.05) is 6.07 Å². The zero-order chi connectivity index (χ0) is 19.6. The molecule has 0 saturated heterocycles. The summed E-state index contributed by atoms with van der Waals surface area (Å²) in [5.41, 5.74) is -0.200. The maximum atomic E-state index is 14.0. The quantitative estimate of drug-likeness (QED) is 0.825. The van der Waals surface area contributed by atoms with E-state index in [9.17, 15) is 23.6 Å².